The monoisotopic (exact) mass is 592 g/mol. The Morgan fingerprint density at radius 1 is 0.974 bits per heavy atom. The van der Waals surface area contributed by atoms with Crippen molar-refractivity contribution in [3.63, 3.8) is 0 Å². The Morgan fingerprint density at radius 3 is 2.39 bits per heavy atom. The molecule has 1 N–H and O–H groups in total. The first-order valence-corrected chi connectivity index (χ1v) is 14.2. The van der Waals surface area contributed by atoms with Crippen molar-refractivity contribution in [3.05, 3.63) is 111 Å². The number of nitrogens with zero attached hydrogens (tertiary/aromatic N) is 3. The highest BCUT2D eigenvalue weighted by molar-refractivity contribution is 9.10. The van der Waals surface area contributed by atoms with Crippen LogP contribution in [0.4, 0.5) is 5.69 Å². The van der Waals surface area contributed by atoms with Crippen LogP contribution in [-0.2, 0) is 14.8 Å². The topological polar surface area (TPSA) is 83.8 Å². The molecule has 0 atom stereocenters. The number of hydrogen-bond acceptors (Lipinski definition) is 4. The highest BCUT2D eigenvalue weighted by Gasteiger charge is 2.27. The van der Waals surface area contributed by atoms with E-state index in [9.17, 15) is 13.2 Å². The van der Waals surface area contributed by atoms with Gasteiger partial charge in [0.15, 0.2) is 0 Å². The quantitative estimate of drug-likeness (QED) is 0.207. The van der Waals surface area contributed by atoms with Crippen LogP contribution < -0.4 is 9.73 Å². The fourth-order valence-corrected chi connectivity index (χ4v) is 6.17. The van der Waals surface area contributed by atoms with Crippen molar-refractivity contribution >= 4 is 43.8 Å². The molecule has 4 rings (SSSR count). The van der Waals surface area contributed by atoms with E-state index in [4.69, 9.17) is 0 Å². The summed E-state index contributed by atoms with van der Waals surface area (Å²) in [5.41, 5.74) is 9.17. The van der Waals surface area contributed by atoms with Gasteiger partial charge in [-0.15, -0.1) is 0 Å². The Bertz CT molecular complexity index is 1610. The minimum Gasteiger partial charge on any atom is -0.318 e. The predicted octanol–water partition coefficient (Wildman–Crippen LogP) is 5.82. The van der Waals surface area contributed by atoms with Gasteiger partial charge in [-0.1, -0.05) is 57.9 Å². The van der Waals surface area contributed by atoms with Crippen molar-refractivity contribution < 1.29 is 13.2 Å². The third kappa shape index (κ3) is 5.89. The Labute approximate surface area is 232 Å². The zero-order valence-electron chi connectivity index (χ0n) is 21.6. The summed E-state index contributed by atoms with van der Waals surface area (Å²) in [4.78, 5) is 13.0. The van der Waals surface area contributed by atoms with Crippen molar-refractivity contribution in [1.82, 2.24) is 9.99 Å². The molecule has 0 bridgehead atoms. The number of carbonyl (C=O) groups is 1. The third-order valence-electron chi connectivity index (χ3n) is 6.17. The molecule has 0 fully saturated rings. The average molecular weight is 594 g/mol. The minimum absolute atomic E-state index is 0.0927. The number of rotatable bonds is 8. The molecule has 9 heteroatoms. The van der Waals surface area contributed by atoms with E-state index in [2.05, 4.69) is 63.1 Å². The number of aryl methyl sites for hydroxylation is 3. The molecule has 0 aliphatic carbocycles. The molecule has 3 aromatic carbocycles. The molecule has 0 radical (unpaired) electrons. The highest BCUT2D eigenvalue weighted by atomic mass is 79.9. The van der Waals surface area contributed by atoms with Crippen molar-refractivity contribution in [1.29, 1.82) is 0 Å². The molecule has 196 valence electrons. The van der Waals surface area contributed by atoms with Crippen molar-refractivity contribution in [2.24, 2.45) is 5.10 Å². The fraction of sp³-hybridized carbons (Fsp3) is 0.172. The zero-order valence-corrected chi connectivity index (χ0v) is 24.0. The molecule has 0 unspecified atom stereocenters. The molecular weight excluding hydrogens is 564 g/mol. The van der Waals surface area contributed by atoms with Gasteiger partial charge >= 0.3 is 0 Å². The van der Waals surface area contributed by atoms with Crippen LogP contribution in [0.1, 0.15) is 28.1 Å². The average Bonchev–Trinajstić information content (AvgIpc) is 3.15. The highest BCUT2D eigenvalue weighted by Crippen LogP contribution is 2.26. The van der Waals surface area contributed by atoms with Crippen LogP contribution in [0, 0.1) is 27.7 Å². The van der Waals surface area contributed by atoms with Gasteiger partial charge in [0.1, 0.15) is 6.54 Å². The van der Waals surface area contributed by atoms with Crippen molar-refractivity contribution in [3.8, 4) is 5.69 Å². The molecule has 4 aromatic rings. The van der Waals surface area contributed by atoms with Gasteiger partial charge in [0.25, 0.3) is 15.9 Å². The number of benzene rings is 3. The second kappa shape index (κ2) is 11.4. The number of hydrogen-bond donors (Lipinski definition) is 1. The van der Waals surface area contributed by atoms with Gasteiger partial charge in [-0.05, 0) is 75.7 Å². The summed E-state index contributed by atoms with van der Waals surface area (Å²) in [7, 11) is -3.99. The second-order valence-corrected chi connectivity index (χ2v) is 11.8. The van der Waals surface area contributed by atoms with Crippen LogP contribution in [0.2, 0.25) is 0 Å². The van der Waals surface area contributed by atoms with Crippen LogP contribution in [0.15, 0.2) is 93.3 Å². The molecule has 7 nitrogen and oxygen atoms in total. The number of anilines is 1. The molecule has 1 aromatic heterocycles. The number of nitrogens with one attached hydrogen (secondary N) is 1. The largest absolute Gasteiger partial charge is 0.318 e. The van der Waals surface area contributed by atoms with Gasteiger partial charge in [0.2, 0.25) is 0 Å². The third-order valence-corrected chi connectivity index (χ3v) is 8.45. The van der Waals surface area contributed by atoms with E-state index in [-0.39, 0.29) is 4.90 Å². The van der Waals surface area contributed by atoms with Crippen LogP contribution >= 0.6 is 15.9 Å². The van der Waals surface area contributed by atoms with Crippen LogP contribution in [0.5, 0.6) is 0 Å². The summed E-state index contributed by atoms with van der Waals surface area (Å²) >= 11 is 3.38. The van der Waals surface area contributed by atoms with E-state index >= 15 is 0 Å². The zero-order chi connectivity index (χ0) is 27.4. The number of carbonyl (C=O) groups excluding carboxylic acids is 1. The van der Waals surface area contributed by atoms with Gasteiger partial charge < -0.3 is 4.57 Å². The number of amides is 1. The molecule has 0 saturated carbocycles. The van der Waals surface area contributed by atoms with E-state index in [1.807, 2.05) is 19.9 Å². The van der Waals surface area contributed by atoms with Gasteiger partial charge in [-0.2, -0.15) is 5.10 Å². The molecule has 38 heavy (non-hydrogen) atoms. The lowest BCUT2D eigenvalue weighted by Crippen LogP contribution is -2.39. The lowest BCUT2D eigenvalue weighted by atomic mass is 10.1. The number of aromatic nitrogens is 1. The fourth-order valence-electron chi connectivity index (χ4n) is 4.35. The van der Waals surface area contributed by atoms with E-state index < -0.39 is 22.5 Å². The number of sulfonamides is 1. The molecular formula is C29H29BrN4O3S. The first-order valence-electron chi connectivity index (χ1n) is 12.0. The molecule has 0 saturated heterocycles. The van der Waals surface area contributed by atoms with Gasteiger partial charge in [-0.3, -0.25) is 9.10 Å². The van der Waals surface area contributed by atoms with Crippen LogP contribution in [0.25, 0.3) is 5.69 Å². The lowest BCUT2D eigenvalue weighted by molar-refractivity contribution is -0.119. The first kappa shape index (κ1) is 27.3. The van der Waals surface area contributed by atoms with Crippen LogP contribution in [0.3, 0.4) is 0 Å². The molecule has 0 spiro atoms. The molecule has 1 heterocycles. The maximum atomic E-state index is 13.4. The Hall–Kier alpha value is -3.69. The van der Waals surface area contributed by atoms with Gasteiger partial charge in [0, 0.05) is 27.1 Å². The summed E-state index contributed by atoms with van der Waals surface area (Å²) < 4.78 is 30.8. The number of halogens is 1. The van der Waals surface area contributed by atoms with Crippen molar-refractivity contribution in [2.45, 2.75) is 32.6 Å². The summed E-state index contributed by atoms with van der Waals surface area (Å²) in [6.07, 6.45) is 1.58. The first-order chi connectivity index (χ1) is 18.1. The molecule has 0 aliphatic heterocycles. The standard InChI is InChI=1S/C29H29BrN4O3S/c1-20-13-14-28(21(2)15-20)34-22(3)16-24(23(34)4)18-31-32-29(35)19-33(26-10-8-9-25(30)17-26)38(36,37)27-11-6-5-7-12-27/h5-18H,19H2,1-4H3,(H,32,35)/b31-18+. The van der Waals surface area contributed by atoms with Crippen LogP contribution in [-0.4, -0.2) is 31.7 Å². The maximum Gasteiger partial charge on any atom is 0.264 e. The van der Waals surface area contributed by atoms with E-state index in [0.29, 0.717) is 10.2 Å². The summed E-state index contributed by atoms with van der Waals surface area (Å²) in [6.45, 7) is 7.72. The van der Waals surface area contributed by atoms with E-state index in [1.165, 1.54) is 17.7 Å². The lowest BCUT2D eigenvalue weighted by Gasteiger charge is -2.23. The molecule has 1 amide bonds. The summed E-state index contributed by atoms with van der Waals surface area (Å²) in [5, 5.41) is 4.14. The van der Waals surface area contributed by atoms with Gasteiger partial charge in [0.05, 0.1) is 16.8 Å². The SMILES string of the molecule is Cc1ccc(-n2c(C)cc(/C=N/NC(=O)CN(c3cccc(Br)c3)S(=O)(=O)c3ccccc3)c2C)c(C)c1. The normalized spacial score (nSPS) is 11.6. The Morgan fingerprint density at radius 2 is 1.71 bits per heavy atom. The second-order valence-electron chi connectivity index (χ2n) is 9.05. The minimum atomic E-state index is -3.99. The van der Waals surface area contributed by atoms with E-state index in [0.717, 1.165) is 32.5 Å². The van der Waals surface area contributed by atoms with Gasteiger partial charge in [-0.25, -0.2) is 13.8 Å². The van der Waals surface area contributed by atoms with Crippen molar-refractivity contribution in [2.75, 3.05) is 10.8 Å². The summed E-state index contributed by atoms with van der Waals surface area (Å²) in [6, 6.07) is 23.1. The van der Waals surface area contributed by atoms with E-state index in [1.54, 1.807) is 48.7 Å². The summed E-state index contributed by atoms with van der Waals surface area (Å²) in [5.74, 6) is -0.566. The smallest absolute Gasteiger partial charge is 0.264 e. The molecule has 0 aliphatic rings. The Kier molecular flexibility index (Phi) is 8.18. The predicted molar refractivity (Wildman–Crippen MR) is 156 cm³/mol. The number of hydrazone groups is 1. The maximum absolute atomic E-state index is 13.4. The Balaban J connectivity index is 1.56.